The molecule has 18 aromatic carbocycles. The van der Waals surface area contributed by atoms with Crippen LogP contribution in [0.5, 0.6) is 0 Å². The van der Waals surface area contributed by atoms with Crippen molar-refractivity contribution in [2.75, 3.05) is 0 Å². The number of hydrogen-bond acceptors (Lipinski definition) is 19. The second-order valence-electron chi connectivity index (χ2n) is 34.1. The number of benzene rings is 18. The van der Waals surface area contributed by atoms with Crippen molar-refractivity contribution >= 4 is 87.9 Å². The number of fused-ring (bicyclic) bond motifs is 9. The predicted molar refractivity (Wildman–Crippen MR) is 562 cm³/mol. The van der Waals surface area contributed by atoms with E-state index in [0.717, 1.165) is 200 Å². The standard InChI is InChI=1S/2C42H26N6O.C39H23N3O2/c1-3-12-28(13-4-1)38-46-39(29-14-5-2-6-15-29)48-41(47-38)32-17-11-16-31(26-32)40-43-34-19-8-7-18-33(34)37(45-40)27-22-24-30(25-23-27)42-44-35-20-9-10-21-36(35)49-42;1-3-11-28(12-4-1)39-46-40(29-13-5-2-6-14-29)48-41(47-39)31-23-21-30(22-24-31)38-43-34-16-8-7-15-33(34)37(45-38)27-19-25-32(26-20-27)42-44-35-17-9-10-18-36(35)49-42;1-3-9-32-30(8-1)37(25-15-19-27(20-16-25)39-41-33-10-4-6-12-36(33)44-39)42-38(40-32)26-17-13-24(14-18-26)28-21-22-35-31(23-28)29-7-2-5-11-34(29)43-35/h2*1-26H;1-23H. The van der Waals surface area contributed by atoms with Crippen LogP contribution in [0.4, 0.5) is 0 Å². The Morgan fingerprint density at radius 3 is 0.683 bits per heavy atom. The molecule has 142 heavy (non-hydrogen) atoms. The molecule has 27 aromatic rings. The summed E-state index contributed by atoms with van der Waals surface area (Å²) < 4.78 is 24.0. The van der Waals surface area contributed by atoms with Crippen molar-refractivity contribution in [1.82, 2.24) is 74.8 Å². The third-order valence-electron chi connectivity index (χ3n) is 24.9. The lowest BCUT2D eigenvalue weighted by Crippen LogP contribution is -2.00. The average molecular weight is 1830 g/mol. The Kier molecular flexibility index (Phi) is 21.8. The summed E-state index contributed by atoms with van der Waals surface area (Å²) in [7, 11) is 0. The molecular weight excluding hydrogens is 1750 g/mol. The minimum atomic E-state index is 0.574. The fraction of sp³-hybridized carbons (Fsp3) is 0. The molecule has 0 saturated heterocycles. The van der Waals surface area contributed by atoms with Gasteiger partial charge >= 0.3 is 0 Å². The maximum absolute atomic E-state index is 6.02. The highest BCUT2D eigenvalue weighted by molar-refractivity contribution is 6.07. The fourth-order valence-corrected chi connectivity index (χ4v) is 17.7. The van der Waals surface area contributed by atoms with Crippen molar-refractivity contribution in [3.8, 4) is 182 Å². The highest BCUT2D eigenvalue weighted by atomic mass is 16.4. The lowest BCUT2D eigenvalue weighted by atomic mass is 10.0. The molecule has 0 atom stereocenters. The van der Waals surface area contributed by atoms with Crippen LogP contribution in [0.3, 0.4) is 0 Å². The number of nitrogens with zero attached hydrogens (tertiary/aromatic N) is 15. The summed E-state index contributed by atoms with van der Waals surface area (Å²) in [6.07, 6.45) is 0. The summed E-state index contributed by atoms with van der Waals surface area (Å²) in [4.78, 5) is 73.4. The van der Waals surface area contributed by atoms with E-state index in [1.54, 1.807) is 0 Å². The summed E-state index contributed by atoms with van der Waals surface area (Å²) in [5, 5.41) is 5.19. The molecule has 19 nitrogen and oxygen atoms in total. The van der Waals surface area contributed by atoms with Crippen LogP contribution in [0.1, 0.15) is 0 Å². The van der Waals surface area contributed by atoms with E-state index in [0.29, 0.717) is 70.1 Å². The van der Waals surface area contributed by atoms with Gasteiger partial charge < -0.3 is 17.7 Å². The van der Waals surface area contributed by atoms with Crippen LogP contribution in [-0.2, 0) is 0 Å². The summed E-state index contributed by atoms with van der Waals surface area (Å²) in [6, 6.07) is 151. The average Bonchev–Trinajstić information content (AvgIpc) is 0.847. The molecule has 0 aliphatic heterocycles. The molecule has 0 aliphatic rings. The number of aromatic nitrogens is 15. The zero-order valence-electron chi connectivity index (χ0n) is 75.6. The molecule has 9 heterocycles. The Hall–Kier alpha value is -19.8. The second-order valence-corrected chi connectivity index (χ2v) is 34.1. The van der Waals surface area contributed by atoms with Gasteiger partial charge in [0.05, 0.1) is 33.6 Å². The van der Waals surface area contributed by atoms with Crippen LogP contribution in [-0.4, -0.2) is 74.8 Å². The van der Waals surface area contributed by atoms with E-state index in [1.165, 1.54) is 0 Å². The van der Waals surface area contributed by atoms with Gasteiger partial charge in [0.2, 0.25) is 17.7 Å². The van der Waals surface area contributed by atoms with Crippen LogP contribution >= 0.6 is 0 Å². The van der Waals surface area contributed by atoms with Crippen molar-refractivity contribution < 1.29 is 17.7 Å². The highest BCUT2D eigenvalue weighted by Gasteiger charge is 2.23. The topological polar surface area (TPSA) is 246 Å². The maximum Gasteiger partial charge on any atom is 0.227 e. The Bertz CT molecular complexity index is 9180. The van der Waals surface area contributed by atoms with Gasteiger partial charge in [-0.25, -0.2) is 74.8 Å². The summed E-state index contributed by atoms with van der Waals surface area (Å²) >= 11 is 0. The monoisotopic (exact) mass is 1830 g/mol. The van der Waals surface area contributed by atoms with E-state index >= 15 is 0 Å². The van der Waals surface area contributed by atoms with Gasteiger partial charge in [-0.05, 0) is 126 Å². The zero-order valence-corrected chi connectivity index (χ0v) is 75.6. The van der Waals surface area contributed by atoms with Gasteiger partial charge in [-0.2, -0.15) is 0 Å². The van der Waals surface area contributed by atoms with Crippen molar-refractivity contribution in [1.29, 1.82) is 0 Å². The Morgan fingerprint density at radius 1 is 0.113 bits per heavy atom. The summed E-state index contributed by atoms with van der Waals surface area (Å²) in [6.45, 7) is 0. The van der Waals surface area contributed by atoms with E-state index in [2.05, 4.69) is 112 Å². The first-order valence-corrected chi connectivity index (χ1v) is 46.4. The minimum Gasteiger partial charge on any atom is -0.456 e. The first-order valence-electron chi connectivity index (χ1n) is 46.4. The fourth-order valence-electron chi connectivity index (χ4n) is 17.7. The molecule has 0 radical (unpaired) electrons. The van der Waals surface area contributed by atoms with Crippen LogP contribution in [0.15, 0.2) is 473 Å². The van der Waals surface area contributed by atoms with E-state index in [9.17, 15) is 0 Å². The largest absolute Gasteiger partial charge is 0.456 e. The normalized spacial score (nSPS) is 11.4. The van der Waals surface area contributed by atoms with E-state index in [-0.39, 0.29) is 0 Å². The first kappa shape index (κ1) is 84.0. The van der Waals surface area contributed by atoms with Crippen molar-refractivity contribution in [2.45, 2.75) is 0 Å². The Balaban J connectivity index is 0.000000112. The van der Waals surface area contributed by atoms with Crippen molar-refractivity contribution in [2.24, 2.45) is 0 Å². The quantitative estimate of drug-likeness (QED) is 0.0872. The molecule has 0 fully saturated rings. The van der Waals surface area contributed by atoms with Crippen LogP contribution in [0, 0.1) is 0 Å². The van der Waals surface area contributed by atoms with Crippen LogP contribution in [0.2, 0.25) is 0 Å². The number of furan rings is 1. The number of para-hydroxylation sites is 10. The highest BCUT2D eigenvalue weighted by Crippen LogP contribution is 2.41. The van der Waals surface area contributed by atoms with Gasteiger partial charge in [0.25, 0.3) is 0 Å². The molecule has 0 unspecified atom stereocenters. The van der Waals surface area contributed by atoms with Crippen molar-refractivity contribution in [3.05, 3.63) is 455 Å². The summed E-state index contributed by atoms with van der Waals surface area (Å²) in [5.41, 5.74) is 27.9. The second kappa shape index (κ2) is 36.8. The van der Waals surface area contributed by atoms with Gasteiger partial charge in [-0.15, -0.1) is 0 Å². The lowest BCUT2D eigenvalue weighted by molar-refractivity contribution is 0.619. The van der Waals surface area contributed by atoms with Gasteiger partial charge in [0.1, 0.15) is 27.7 Å². The molecule has 666 valence electrons. The molecule has 0 spiro atoms. The molecule has 27 rings (SSSR count). The predicted octanol–water partition coefficient (Wildman–Crippen LogP) is 30.3. The van der Waals surface area contributed by atoms with Gasteiger partial charge in [0.15, 0.2) is 69.2 Å². The smallest absolute Gasteiger partial charge is 0.227 e. The molecule has 9 aromatic heterocycles. The van der Waals surface area contributed by atoms with Crippen LogP contribution < -0.4 is 0 Å². The van der Waals surface area contributed by atoms with Crippen molar-refractivity contribution in [3.63, 3.8) is 0 Å². The molecule has 0 bridgehead atoms. The molecule has 0 amide bonds. The Morgan fingerprint density at radius 2 is 0.345 bits per heavy atom. The Labute approximate surface area is 811 Å². The molecule has 19 heteroatoms. The van der Waals surface area contributed by atoms with E-state index in [1.807, 2.05) is 358 Å². The maximum atomic E-state index is 6.02. The third-order valence-corrected chi connectivity index (χ3v) is 24.9. The molecular formula is C123H75N15O4. The third kappa shape index (κ3) is 16.9. The van der Waals surface area contributed by atoms with Gasteiger partial charge in [-0.3, -0.25) is 0 Å². The zero-order chi connectivity index (χ0) is 94.2. The molecule has 0 aliphatic carbocycles. The molecule has 0 N–H and O–H groups in total. The SMILES string of the molecule is c1ccc(-c2nc(-c3ccccc3)nc(-c3ccc(-c4nc(-c5ccc(-c6nc7ccccc7o6)cc5)c5ccccc5n4)cc3)n2)cc1.c1ccc(-c2nc(-c3ccccc3)nc(-c3cccc(-c4nc(-c5ccc(-c6nc7ccccc7o6)cc5)c5ccccc5n4)c3)n2)cc1.c1ccc2oc(-c3ccc(-c4nc(-c5ccc(-c6ccc7oc8ccccc8c7c6)cc5)nc5ccccc45)cc3)nc2c1. The van der Waals surface area contributed by atoms with E-state index in [4.69, 9.17) is 77.5 Å². The number of rotatable bonds is 16. The van der Waals surface area contributed by atoms with Gasteiger partial charge in [-0.1, -0.05) is 340 Å². The van der Waals surface area contributed by atoms with Gasteiger partial charge in [0, 0.05) is 110 Å². The number of hydrogen-bond donors (Lipinski definition) is 0. The minimum absolute atomic E-state index is 0.574. The first-order chi connectivity index (χ1) is 70.3. The van der Waals surface area contributed by atoms with E-state index < -0.39 is 0 Å². The molecule has 0 saturated carbocycles. The number of oxazole rings is 3. The lowest BCUT2D eigenvalue weighted by Gasteiger charge is -2.11. The van der Waals surface area contributed by atoms with Crippen LogP contribution in [0.25, 0.3) is 270 Å². The summed E-state index contributed by atoms with van der Waals surface area (Å²) in [5.74, 6) is 7.35.